The molecule has 1 unspecified atom stereocenters. The molecule has 0 aliphatic carbocycles. The van der Waals surface area contributed by atoms with Gasteiger partial charge in [-0.15, -0.1) is 0 Å². The number of hydrogen-bond donors (Lipinski definition) is 2. The first-order valence-corrected chi connectivity index (χ1v) is 14.6. The number of anilines is 3. The Morgan fingerprint density at radius 2 is 1.79 bits per heavy atom. The maximum atomic E-state index is 5.41. The number of likely N-dealkylation sites (N-methyl/N-ethyl adjacent to an activating group) is 1. The summed E-state index contributed by atoms with van der Waals surface area (Å²) in [6, 6.07) is 19.3. The molecule has 0 radical (unpaired) electrons. The summed E-state index contributed by atoms with van der Waals surface area (Å²) in [5, 5.41) is 10.9. The summed E-state index contributed by atoms with van der Waals surface area (Å²) in [5.74, 6) is 1.86. The highest BCUT2D eigenvalue weighted by molar-refractivity contribution is 5.69. The van der Waals surface area contributed by atoms with Gasteiger partial charge in [0.1, 0.15) is 0 Å². The van der Waals surface area contributed by atoms with Crippen molar-refractivity contribution in [1.82, 2.24) is 25.0 Å². The number of nitrogens with zero attached hydrogens (tertiary/aromatic N) is 5. The van der Waals surface area contributed by atoms with Gasteiger partial charge in [0.05, 0.1) is 11.9 Å². The van der Waals surface area contributed by atoms with E-state index in [1.54, 1.807) is 24.8 Å². The van der Waals surface area contributed by atoms with Crippen LogP contribution in [0.4, 0.5) is 17.3 Å². The standard InChI is InChI=1S/C34H37N7O/c1-23-7-8-25(19-37-30-11-9-26(10-12-30)27-6-4-5-15-41(3)22-27)16-32(23)40-34-36-14-13-31(39-34)28-17-29(21-35-20-28)33-24(2)18-38-42-33/h7-14,16-18,20-21,27,37H,4-6,15,19,22H2,1-3H3,(H,36,39,40). The monoisotopic (exact) mass is 559 g/mol. The summed E-state index contributed by atoms with van der Waals surface area (Å²) < 4.78 is 5.41. The predicted molar refractivity (Wildman–Crippen MR) is 168 cm³/mol. The van der Waals surface area contributed by atoms with Gasteiger partial charge >= 0.3 is 0 Å². The molecule has 1 aliphatic rings. The SMILES string of the molecule is Cc1ccc(CNc2ccc(C3CCCCN(C)C3)cc2)cc1Nc1nccc(-c2cncc(-c3oncc3C)c2)n1. The lowest BCUT2D eigenvalue weighted by atomic mass is 9.94. The minimum Gasteiger partial charge on any atom is -0.381 e. The van der Waals surface area contributed by atoms with E-state index in [4.69, 9.17) is 9.51 Å². The Morgan fingerprint density at radius 3 is 2.62 bits per heavy atom. The molecule has 8 heteroatoms. The fraction of sp³-hybridized carbons (Fsp3) is 0.294. The van der Waals surface area contributed by atoms with E-state index >= 15 is 0 Å². The van der Waals surface area contributed by atoms with Gasteiger partial charge in [0, 0.05) is 59.7 Å². The Bertz CT molecular complexity index is 1650. The van der Waals surface area contributed by atoms with Gasteiger partial charge in [-0.3, -0.25) is 4.98 Å². The van der Waals surface area contributed by atoms with E-state index in [9.17, 15) is 0 Å². The summed E-state index contributed by atoms with van der Waals surface area (Å²) in [4.78, 5) is 16.1. The van der Waals surface area contributed by atoms with Crippen LogP contribution in [0.1, 0.15) is 47.4 Å². The molecule has 1 saturated heterocycles. The van der Waals surface area contributed by atoms with Crippen molar-refractivity contribution >= 4 is 17.3 Å². The fourth-order valence-corrected chi connectivity index (χ4v) is 5.57. The molecule has 1 fully saturated rings. The number of hydrogen-bond acceptors (Lipinski definition) is 8. The highest BCUT2D eigenvalue weighted by Crippen LogP contribution is 2.29. The minimum atomic E-state index is 0.529. The lowest BCUT2D eigenvalue weighted by molar-refractivity contribution is 0.332. The highest BCUT2D eigenvalue weighted by atomic mass is 16.5. The van der Waals surface area contributed by atoms with E-state index in [1.165, 1.54) is 36.9 Å². The summed E-state index contributed by atoms with van der Waals surface area (Å²) in [6.45, 7) is 7.12. The van der Waals surface area contributed by atoms with Gasteiger partial charge in [-0.25, -0.2) is 9.97 Å². The Kier molecular flexibility index (Phi) is 8.23. The normalized spacial score (nSPS) is 15.7. The molecule has 0 saturated carbocycles. The molecule has 1 aliphatic heterocycles. The van der Waals surface area contributed by atoms with Gasteiger partial charge in [0.2, 0.25) is 5.95 Å². The first-order valence-electron chi connectivity index (χ1n) is 14.6. The number of rotatable bonds is 8. The molecule has 2 aromatic carbocycles. The Hall–Kier alpha value is -4.56. The van der Waals surface area contributed by atoms with Crippen molar-refractivity contribution in [2.75, 3.05) is 30.8 Å². The molecule has 42 heavy (non-hydrogen) atoms. The molecule has 4 heterocycles. The molecule has 1 atom stereocenters. The van der Waals surface area contributed by atoms with Crippen LogP contribution in [0.5, 0.6) is 0 Å². The average Bonchev–Trinajstić information content (AvgIpc) is 3.33. The zero-order valence-corrected chi connectivity index (χ0v) is 24.5. The van der Waals surface area contributed by atoms with Crippen LogP contribution in [0.15, 0.2) is 83.9 Å². The molecule has 5 aromatic rings. The van der Waals surface area contributed by atoms with Gasteiger partial charge < -0.3 is 20.1 Å². The molecule has 0 amide bonds. The van der Waals surface area contributed by atoms with Crippen molar-refractivity contribution in [2.24, 2.45) is 0 Å². The minimum absolute atomic E-state index is 0.529. The first-order chi connectivity index (χ1) is 20.5. The molecule has 6 rings (SSSR count). The van der Waals surface area contributed by atoms with Crippen molar-refractivity contribution in [3.63, 3.8) is 0 Å². The quantitative estimate of drug-likeness (QED) is 0.204. The maximum absolute atomic E-state index is 5.41. The second-order valence-corrected chi connectivity index (χ2v) is 11.3. The Labute approximate surface area is 247 Å². The first kappa shape index (κ1) is 27.6. The van der Waals surface area contributed by atoms with Crippen LogP contribution in [0.25, 0.3) is 22.6 Å². The van der Waals surface area contributed by atoms with Gasteiger partial charge in [0.25, 0.3) is 0 Å². The van der Waals surface area contributed by atoms with Gasteiger partial charge in [-0.05, 0) is 93.2 Å². The van der Waals surface area contributed by atoms with Crippen molar-refractivity contribution in [1.29, 1.82) is 0 Å². The molecular weight excluding hydrogens is 522 g/mol. The molecule has 8 nitrogen and oxygen atoms in total. The number of nitrogens with one attached hydrogen (secondary N) is 2. The third-order valence-electron chi connectivity index (χ3n) is 8.00. The van der Waals surface area contributed by atoms with E-state index in [0.29, 0.717) is 17.6 Å². The molecule has 3 aromatic heterocycles. The number of likely N-dealkylation sites (tertiary alicyclic amines) is 1. The van der Waals surface area contributed by atoms with Gasteiger partial charge in [-0.1, -0.05) is 35.8 Å². The van der Waals surface area contributed by atoms with E-state index in [-0.39, 0.29) is 0 Å². The van der Waals surface area contributed by atoms with Crippen LogP contribution in [-0.4, -0.2) is 45.1 Å². The highest BCUT2D eigenvalue weighted by Gasteiger charge is 2.17. The third-order valence-corrected chi connectivity index (χ3v) is 8.00. The molecule has 0 bridgehead atoms. The zero-order chi connectivity index (χ0) is 28.9. The fourth-order valence-electron chi connectivity index (χ4n) is 5.57. The molecular formula is C34H37N7O. The van der Waals surface area contributed by atoms with Crippen molar-refractivity contribution < 1.29 is 4.52 Å². The predicted octanol–water partition coefficient (Wildman–Crippen LogP) is 7.37. The zero-order valence-electron chi connectivity index (χ0n) is 24.5. The van der Waals surface area contributed by atoms with E-state index in [0.717, 1.165) is 52.4 Å². The lowest BCUT2D eigenvalue weighted by Gasteiger charge is -2.20. The van der Waals surface area contributed by atoms with E-state index < -0.39 is 0 Å². The summed E-state index contributed by atoms with van der Waals surface area (Å²) in [7, 11) is 2.24. The van der Waals surface area contributed by atoms with Crippen molar-refractivity contribution in [3.8, 4) is 22.6 Å². The number of aromatic nitrogens is 4. The molecule has 0 spiro atoms. The van der Waals surface area contributed by atoms with Crippen LogP contribution in [-0.2, 0) is 6.54 Å². The number of benzene rings is 2. The topological polar surface area (TPSA) is 92.0 Å². The summed E-state index contributed by atoms with van der Waals surface area (Å²) >= 11 is 0. The van der Waals surface area contributed by atoms with Crippen molar-refractivity contribution in [3.05, 3.63) is 102 Å². The summed E-state index contributed by atoms with van der Waals surface area (Å²) in [6.07, 6.45) is 10.9. The Balaban J connectivity index is 1.12. The van der Waals surface area contributed by atoms with Crippen molar-refractivity contribution in [2.45, 2.75) is 45.6 Å². The van der Waals surface area contributed by atoms with Crippen LogP contribution in [0, 0.1) is 13.8 Å². The maximum Gasteiger partial charge on any atom is 0.227 e. The lowest BCUT2D eigenvalue weighted by Crippen LogP contribution is -2.22. The second kappa shape index (κ2) is 12.5. The van der Waals surface area contributed by atoms with Gasteiger partial charge in [-0.2, -0.15) is 0 Å². The van der Waals surface area contributed by atoms with Crippen LogP contribution >= 0.6 is 0 Å². The van der Waals surface area contributed by atoms with Crippen LogP contribution < -0.4 is 10.6 Å². The third kappa shape index (κ3) is 6.50. The molecule has 214 valence electrons. The second-order valence-electron chi connectivity index (χ2n) is 11.3. The average molecular weight is 560 g/mol. The smallest absolute Gasteiger partial charge is 0.227 e. The van der Waals surface area contributed by atoms with E-state index in [1.807, 2.05) is 19.1 Å². The Morgan fingerprint density at radius 1 is 0.929 bits per heavy atom. The van der Waals surface area contributed by atoms with E-state index in [2.05, 4.69) is 87.1 Å². The molecule has 2 N–H and O–H groups in total. The number of pyridine rings is 1. The van der Waals surface area contributed by atoms with Gasteiger partial charge in [0.15, 0.2) is 5.76 Å². The summed E-state index contributed by atoms with van der Waals surface area (Å²) in [5.41, 5.74) is 9.31. The number of aryl methyl sites for hydroxylation is 2. The van der Waals surface area contributed by atoms with Crippen LogP contribution in [0.2, 0.25) is 0 Å². The largest absolute Gasteiger partial charge is 0.381 e. The van der Waals surface area contributed by atoms with Crippen LogP contribution in [0.3, 0.4) is 0 Å².